The SMILES string of the molecule is CCC(CC#N)N[C@@H](C)C1CCCC1. The number of nitrogens with zero attached hydrogens (tertiary/aromatic N) is 1. The first-order valence-electron chi connectivity index (χ1n) is 5.91. The van der Waals surface area contributed by atoms with Crippen LogP contribution in [-0.2, 0) is 0 Å². The molecule has 0 aromatic carbocycles. The lowest BCUT2D eigenvalue weighted by atomic mass is 9.98. The van der Waals surface area contributed by atoms with E-state index < -0.39 is 0 Å². The third kappa shape index (κ3) is 3.31. The quantitative estimate of drug-likeness (QED) is 0.730. The van der Waals surface area contributed by atoms with Gasteiger partial charge in [0.2, 0.25) is 0 Å². The fourth-order valence-corrected chi connectivity index (χ4v) is 2.40. The Balaban J connectivity index is 2.30. The molecule has 0 saturated heterocycles. The van der Waals surface area contributed by atoms with E-state index in [2.05, 4.69) is 25.2 Å². The second-order valence-electron chi connectivity index (χ2n) is 4.47. The first-order valence-corrected chi connectivity index (χ1v) is 5.91. The lowest BCUT2D eigenvalue weighted by molar-refractivity contribution is 0.337. The second-order valence-corrected chi connectivity index (χ2v) is 4.47. The van der Waals surface area contributed by atoms with Crippen molar-refractivity contribution in [2.24, 2.45) is 5.92 Å². The van der Waals surface area contributed by atoms with Crippen molar-refractivity contribution in [3.63, 3.8) is 0 Å². The van der Waals surface area contributed by atoms with Crippen LogP contribution in [0, 0.1) is 17.2 Å². The predicted molar refractivity (Wildman–Crippen MR) is 58.9 cm³/mol. The zero-order chi connectivity index (χ0) is 10.4. The highest BCUT2D eigenvalue weighted by Gasteiger charge is 2.22. The molecule has 0 aliphatic heterocycles. The predicted octanol–water partition coefficient (Wildman–Crippen LogP) is 2.85. The van der Waals surface area contributed by atoms with Crippen LogP contribution in [0.1, 0.15) is 52.4 Å². The van der Waals surface area contributed by atoms with Crippen LogP contribution in [-0.4, -0.2) is 12.1 Å². The van der Waals surface area contributed by atoms with Gasteiger partial charge in [-0.05, 0) is 32.1 Å². The van der Waals surface area contributed by atoms with E-state index in [0.717, 1.165) is 12.3 Å². The van der Waals surface area contributed by atoms with Crippen LogP contribution in [0.4, 0.5) is 0 Å². The summed E-state index contributed by atoms with van der Waals surface area (Å²) in [7, 11) is 0. The number of nitriles is 1. The summed E-state index contributed by atoms with van der Waals surface area (Å²) in [5.41, 5.74) is 0. The number of hydrogen-bond donors (Lipinski definition) is 1. The van der Waals surface area contributed by atoms with Crippen LogP contribution in [0.15, 0.2) is 0 Å². The molecule has 1 saturated carbocycles. The smallest absolute Gasteiger partial charge is 0.0638 e. The molecule has 0 bridgehead atoms. The normalized spacial score (nSPS) is 21.8. The highest BCUT2D eigenvalue weighted by Crippen LogP contribution is 2.27. The first kappa shape index (κ1) is 11.5. The van der Waals surface area contributed by atoms with E-state index in [4.69, 9.17) is 5.26 Å². The van der Waals surface area contributed by atoms with Gasteiger partial charge in [-0.15, -0.1) is 0 Å². The van der Waals surface area contributed by atoms with Gasteiger partial charge < -0.3 is 5.32 Å². The first-order chi connectivity index (χ1) is 6.77. The van der Waals surface area contributed by atoms with Crippen molar-refractivity contribution in [1.29, 1.82) is 5.26 Å². The third-order valence-corrected chi connectivity index (χ3v) is 3.44. The molecule has 0 radical (unpaired) electrons. The minimum Gasteiger partial charge on any atom is -0.310 e. The Labute approximate surface area is 87.7 Å². The van der Waals surface area contributed by atoms with Gasteiger partial charge in [-0.2, -0.15) is 5.26 Å². The van der Waals surface area contributed by atoms with Crippen LogP contribution in [0.25, 0.3) is 0 Å². The summed E-state index contributed by atoms with van der Waals surface area (Å²) in [5, 5.41) is 12.2. The number of hydrogen-bond acceptors (Lipinski definition) is 2. The lowest BCUT2D eigenvalue weighted by Gasteiger charge is -2.25. The molecule has 0 amide bonds. The Morgan fingerprint density at radius 3 is 2.57 bits per heavy atom. The van der Waals surface area contributed by atoms with E-state index in [1.165, 1.54) is 25.7 Å². The van der Waals surface area contributed by atoms with E-state index >= 15 is 0 Å². The molecule has 0 spiro atoms. The molecule has 14 heavy (non-hydrogen) atoms. The maximum Gasteiger partial charge on any atom is 0.0638 e. The molecule has 1 unspecified atom stereocenters. The number of nitrogens with one attached hydrogen (secondary N) is 1. The molecular weight excluding hydrogens is 172 g/mol. The molecule has 1 N–H and O–H groups in total. The Hall–Kier alpha value is -0.550. The molecule has 1 aliphatic carbocycles. The third-order valence-electron chi connectivity index (χ3n) is 3.44. The molecule has 0 aromatic rings. The van der Waals surface area contributed by atoms with Crippen molar-refractivity contribution >= 4 is 0 Å². The standard InChI is InChI=1S/C12H22N2/c1-3-12(8-9-13)14-10(2)11-6-4-5-7-11/h10-12,14H,3-8H2,1-2H3/t10-,12?/m0/s1. The largest absolute Gasteiger partial charge is 0.310 e. The molecule has 2 nitrogen and oxygen atoms in total. The van der Waals surface area contributed by atoms with Crippen LogP contribution >= 0.6 is 0 Å². The highest BCUT2D eigenvalue weighted by molar-refractivity contribution is 4.85. The van der Waals surface area contributed by atoms with E-state index in [1.54, 1.807) is 0 Å². The van der Waals surface area contributed by atoms with Gasteiger partial charge >= 0.3 is 0 Å². The lowest BCUT2D eigenvalue weighted by Crippen LogP contribution is -2.39. The maximum atomic E-state index is 8.66. The second kappa shape index (κ2) is 6.03. The average Bonchev–Trinajstić information content (AvgIpc) is 2.69. The molecule has 1 fully saturated rings. The van der Waals surface area contributed by atoms with Gasteiger partial charge in [0, 0.05) is 12.1 Å². The monoisotopic (exact) mass is 194 g/mol. The summed E-state index contributed by atoms with van der Waals surface area (Å²) in [4.78, 5) is 0. The van der Waals surface area contributed by atoms with Crippen molar-refractivity contribution in [2.45, 2.75) is 64.5 Å². The van der Waals surface area contributed by atoms with Crippen molar-refractivity contribution in [3.8, 4) is 6.07 Å². The average molecular weight is 194 g/mol. The summed E-state index contributed by atoms with van der Waals surface area (Å²) < 4.78 is 0. The zero-order valence-electron chi connectivity index (χ0n) is 9.42. The van der Waals surface area contributed by atoms with Crippen molar-refractivity contribution < 1.29 is 0 Å². The molecular formula is C12H22N2. The van der Waals surface area contributed by atoms with Crippen molar-refractivity contribution in [3.05, 3.63) is 0 Å². The molecule has 80 valence electrons. The Bertz CT molecular complexity index is 189. The van der Waals surface area contributed by atoms with Crippen LogP contribution in [0.3, 0.4) is 0 Å². The molecule has 2 heteroatoms. The van der Waals surface area contributed by atoms with Gasteiger partial charge in [0.15, 0.2) is 0 Å². The Kier molecular flexibility index (Phi) is 4.97. The van der Waals surface area contributed by atoms with Gasteiger partial charge in [0.05, 0.1) is 12.5 Å². The molecule has 2 atom stereocenters. The fourth-order valence-electron chi connectivity index (χ4n) is 2.40. The van der Waals surface area contributed by atoms with Gasteiger partial charge in [-0.25, -0.2) is 0 Å². The van der Waals surface area contributed by atoms with E-state index in [1.807, 2.05) is 0 Å². The summed E-state index contributed by atoms with van der Waals surface area (Å²) in [6, 6.07) is 3.24. The summed E-state index contributed by atoms with van der Waals surface area (Å²) in [5.74, 6) is 0.850. The van der Waals surface area contributed by atoms with Gasteiger partial charge in [0.25, 0.3) is 0 Å². The van der Waals surface area contributed by atoms with E-state index in [0.29, 0.717) is 18.5 Å². The van der Waals surface area contributed by atoms with E-state index in [-0.39, 0.29) is 0 Å². The summed E-state index contributed by atoms with van der Waals surface area (Å²) in [6.45, 7) is 4.42. The summed E-state index contributed by atoms with van der Waals surface area (Å²) in [6.07, 6.45) is 7.24. The Morgan fingerprint density at radius 1 is 1.43 bits per heavy atom. The van der Waals surface area contributed by atoms with E-state index in [9.17, 15) is 0 Å². The molecule has 0 heterocycles. The topological polar surface area (TPSA) is 35.8 Å². The molecule has 1 aliphatic rings. The van der Waals surface area contributed by atoms with Crippen LogP contribution in [0.2, 0.25) is 0 Å². The molecule has 0 aromatic heterocycles. The summed E-state index contributed by atoms with van der Waals surface area (Å²) >= 11 is 0. The minimum absolute atomic E-state index is 0.399. The Morgan fingerprint density at radius 2 is 2.07 bits per heavy atom. The van der Waals surface area contributed by atoms with Gasteiger partial charge in [0.1, 0.15) is 0 Å². The van der Waals surface area contributed by atoms with Gasteiger partial charge in [-0.3, -0.25) is 0 Å². The molecule has 1 rings (SSSR count). The van der Waals surface area contributed by atoms with Crippen LogP contribution in [0.5, 0.6) is 0 Å². The van der Waals surface area contributed by atoms with Crippen LogP contribution < -0.4 is 5.32 Å². The van der Waals surface area contributed by atoms with Crippen molar-refractivity contribution in [2.75, 3.05) is 0 Å². The minimum atomic E-state index is 0.399. The zero-order valence-corrected chi connectivity index (χ0v) is 9.42. The number of rotatable bonds is 5. The maximum absolute atomic E-state index is 8.66. The van der Waals surface area contributed by atoms with Crippen molar-refractivity contribution in [1.82, 2.24) is 5.32 Å². The van der Waals surface area contributed by atoms with Gasteiger partial charge in [-0.1, -0.05) is 19.8 Å². The fraction of sp³-hybridized carbons (Fsp3) is 0.917. The highest BCUT2D eigenvalue weighted by atomic mass is 14.9.